The lowest BCUT2D eigenvalue weighted by Gasteiger charge is -2.43. The van der Waals surface area contributed by atoms with Crippen molar-refractivity contribution < 1.29 is 4.79 Å². The van der Waals surface area contributed by atoms with E-state index in [0.29, 0.717) is 5.92 Å². The lowest BCUT2D eigenvalue weighted by atomic mass is 9.83. The molecule has 2 aliphatic heterocycles. The summed E-state index contributed by atoms with van der Waals surface area (Å²) in [5.41, 5.74) is 5.06. The number of anilines is 1. The van der Waals surface area contributed by atoms with Gasteiger partial charge in [-0.15, -0.1) is 0 Å². The monoisotopic (exact) mass is 503 g/mol. The predicted molar refractivity (Wildman–Crippen MR) is 147 cm³/mol. The van der Waals surface area contributed by atoms with Gasteiger partial charge in [-0.1, -0.05) is 72.5 Å². The quantitative estimate of drug-likeness (QED) is 0.491. The number of likely N-dealkylation sites (tertiary alicyclic amines) is 1. The number of thiocarbonyl (C=S) groups is 1. The van der Waals surface area contributed by atoms with Crippen LogP contribution in [-0.4, -0.2) is 32.8 Å². The van der Waals surface area contributed by atoms with Crippen molar-refractivity contribution >= 4 is 39.9 Å². The van der Waals surface area contributed by atoms with Gasteiger partial charge in [-0.2, -0.15) is 0 Å². The Morgan fingerprint density at radius 3 is 2.63 bits per heavy atom. The minimum absolute atomic E-state index is 0.0775. The number of amides is 1. The average Bonchev–Trinajstić information content (AvgIpc) is 2.85. The lowest BCUT2D eigenvalue weighted by molar-refractivity contribution is -0.115. The fourth-order valence-electron chi connectivity index (χ4n) is 5.19. The van der Waals surface area contributed by atoms with Gasteiger partial charge in [-0.3, -0.25) is 9.59 Å². The minimum atomic E-state index is -0.458. The second kappa shape index (κ2) is 9.99. The molecule has 1 amide bonds. The van der Waals surface area contributed by atoms with E-state index in [1.807, 2.05) is 73.0 Å². The van der Waals surface area contributed by atoms with Crippen LogP contribution in [0.25, 0.3) is 0 Å². The molecule has 0 saturated carbocycles. The Morgan fingerprint density at radius 2 is 1.83 bits per heavy atom. The molecule has 3 heterocycles. The van der Waals surface area contributed by atoms with Crippen LogP contribution in [0.2, 0.25) is 0 Å². The number of carbonyl (C=O) groups excluding carboxylic acids is 1. The number of hydrogen-bond donors (Lipinski definition) is 1. The molecule has 35 heavy (non-hydrogen) atoms. The van der Waals surface area contributed by atoms with Crippen molar-refractivity contribution in [3.8, 4) is 0 Å². The Kier molecular flexibility index (Phi) is 6.80. The molecule has 3 aromatic rings. The first-order chi connectivity index (χ1) is 16.9. The maximum Gasteiger partial charge on any atom is 0.250 e. The van der Waals surface area contributed by atoms with Crippen molar-refractivity contribution in [3.05, 3.63) is 99.5 Å². The van der Waals surface area contributed by atoms with E-state index < -0.39 is 5.25 Å². The molecule has 1 saturated heterocycles. The third kappa shape index (κ3) is 5.07. The van der Waals surface area contributed by atoms with Crippen LogP contribution in [0.3, 0.4) is 0 Å². The number of hydrogen-bond acceptors (Lipinski definition) is 4. The Morgan fingerprint density at radius 1 is 1.03 bits per heavy atom. The maximum atomic E-state index is 13.5. The van der Waals surface area contributed by atoms with Gasteiger partial charge in [0.1, 0.15) is 9.57 Å². The first kappa shape index (κ1) is 23.8. The van der Waals surface area contributed by atoms with Gasteiger partial charge in [-0.05, 0) is 55.0 Å². The van der Waals surface area contributed by atoms with Gasteiger partial charge >= 0.3 is 0 Å². The van der Waals surface area contributed by atoms with E-state index in [-0.39, 0.29) is 17.4 Å². The van der Waals surface area contributed by atoms with Gasteiger partial charge in [0, 0.05) is 43.0 Å². The predicted octanol–water partition coefficient (Wildman–Crippen LogP) is 5.28. The highest BCUT2D eigenvalue weighted by Crippen LogP contribution is 2.39. The van der Waals surface area contributed by atoms with Crippen molar-refractivity contribution in [1.82, 2.24) is 9.47 Å². The zero-order chi connectivity index (χ0) is 24.5. The van der Waals surface area contributed by atoms with Crippen LogP contribution in [0.1, 0.15) is 40.0 Å². The molecule has 1 aromatic heterocycles. The third-order valence-corrected chi connectivity index (χ3v) is 8.68. The number of aryl methyl sites for hydroxylation is 2. The molecule has 3 atom stereocenters. The molecule has 1 fully saturated rings. The molecular weight excluding hydrogens is 474 g/mol. The molecule has 0 unspecified atom stereocenters. The summed E-state index contributed by atoms with van der Waals surface area (Å²) in [6.45, 7) is 6.33. The van der Waals surface area contributed by atoms with Crippen LogP contribution >= 0.6 is 24.0 Å². The zero-order valence-corrected chi connectivity index (χ0v) is 21.6. The Labute approximate surface area is 215 Å². The molecule has 5 rings (SSSR count). The first-order valence-corrected chi connectivity index (χ1v) is 13.3. The average molecular weight is 504 g/mol. The highest BCUT2D eigenvalue weighted by molar-refractivity contribution is 8.23. The zero-order valence-electron chi connectivity index (χ0n) is 19.9. The van der Waals surface area contributed by atoms with Gasteiger partial charge in [0.15, 0.2) is 0 Å². The molecule has 0 radical (unpaired) electrons. The summed E-state index contributed by atoms with van der Waals surface area (Å²) in [5.74, 6) is 0.569. The molecule has 2 aliphatic rings. The molecule has 0 spiro atoms. The largest absolute Gasteiger partial charge is 0.356 e. The van der Waals surface area contributed by atoms with Crippen LogP contribution in [0.5, 0.6) is 0 Å². The number of fused-ring (bicyclic) bond motifs is 4. The topological polar surface area (TPSA) is 54.3 Å². The number of benzene rings is 2. The molecule has 7 heteroatoms. The number of aromatic nitrogens is 1. The van der Waals surface area contributed by atoms with Crippen molar-refractivity contribution in [2.45, 2.75) is 38.0 Å². The van der Waals surface area contributed by atoms with Crippen LogP contribution < -0.4 is 10.9 Å². The van der Waals surface area contributed by atoms with E-state index >= 15 is 0 Å². The number of nitrogens with one attached hydrogen (secondary N) is 1. The second-order valence-corrected chi connectivity index (χ2v) is 11.3. The van der Waals surface area contributed by atoms with Crippen molar-refractivity contribution in [2.24, 2.45) is 5.92 Å². The third-order valence-electron chi connectivity index (χ3n) is 6.95. The van der Waals surface area contributed by atoms with Crippen molar-refractivity contribution in [1.29, 1.82) is 0 Å². The Bertz CT molecular complexity index is 1320. The van der Waals surface area contributed by atoms with Crippen LogP contribution in [0.15, 0.2) is 71.5 Å². The molecule has 1 N–H and O–H groups in total. The Balaban J connectivity index is 1.36. The van der Waals surface area contributed by atoms with E-state index in [2.05, 4.69) is 16.3 Å². The van der Waals surface area contributed by atoms with E-state index in [0.717, 1.165) is 58.4 Å². The summed E-state index contributed by atoms with van der Waals surface area (Å²) in [6, 6.07) is 21.5. The van der Waals surface area contributed by atoms with Crippen molar-refractivity contribution in [3.63, 3.8) is 0 Å². The van der Waals surface area contributed by atoms with Gasteiger partial charge in [0.05, 0.1) is 0 Å². The smallest absolute Gasteiger partial charge is 0.250 e. The maximum absolute atomic E-state index is 13.5. The van der Waals surface area contributed by atoms with Crippen molar-refractivity contribution in [2.75, 3.05) is 18.4 Å². The number of carbonyl (C=O) groups is 1. The van der Waals surface area contributed by atoms with Crippen LogP contribution in [-0.2, 0) is 11.3 Å². The number of rotatable bonds is 4. The number of pyridine rings is 1. The van der Waals surface area contributed by atoms with E-state index in [9.17, 15) is 9.59 Å². The van der Waals surface area contributed by atoms with E-state index in [4.69, 9.17) is 12.2 Å². The van der Waals surface area contributed by atoms with E-state index in [1.54, 1.807) is 6.07 Å². The number of thioether (sulfide) groups is 1. The number of nitrogens with zero attached hydrogens (tertiary/aromatic N) is 2. The summed E-state index contributed by atoms with van der Waals surface area (Å²) >= 11 is 7.36. The molecular formula is C28H29N3O2S2. The van der Waals surface area contributed by atoms with Gasteiger partial charge in [-0.25, -0.2) is 0 Å². The fraction of sp³-hybridized carbons (Fsp3) is 0.321. The summed E-state index contributed by atoms with van der Waals surface area (Å²) in [6.07, 6.45) is 1.07. The summed E-state index contributed by atoms with van der Waals surface area (Å²) < 4.78 is 2.66. The van der Waals surface area contributed by atoms with Gasteiger partial charge in [0.2, 0.25) is 5.91 Å². The summed E-state index contributed by atoms with van der Waals surface area (Å²) in [5, 5.41) is 2.68. The minimum Gasteiger partial charge on any atom is -0.356 e. The van der Waals surface area contributed by atoms with E-state index in [1.165, 1.54) is 11.8 Å². The fourth-order valence-corrected chi connectivity index (χ4v) is 6.59. The second-order valence-electron chi connectivity index (χ2n) is 9.59. The normalized spacial score (nSPS) is 19.5. The highest BCUT2D eigenvalue weighted by Gasteiger charge is 2.36. The SMILES string of the molecule is Cc1ccc(C)c(NC(=O)[C@H](SC(=S)N2C[C@@H]3C[C@@H](C2)c2cccc(=O)n2C3)c2ccccc2)c1. The number of piperidine rings is 1. The molecule has 0 aliphatic carbocycles. The standard InChI is InChI=1S/C28H29N3O2S2/c1-18-11-12-19(2)23(13-18)29-27(33)26(21-7-4-3-5-8-21)35-28(34)30-15-20-14-22(17-30)24-9-6-10-25(32)31(24)16-20/h3-13,20,22,26H,14-17H2,1-2H3,(H,29,33)/t20-,22-,26+/m0/s1. The molecule has 5 nitrogen and oxygen atoms in total. The van der Waals surface area contributed by atoms with Gasteiger partial charge < -0.3 is 14.8 Å². The van der Waals surface area contributed by atoms with Crippen LogP contribution in [0, 0.1) is 19.8 Å². The summed E-state index contributed by atoms with van der Waals surface area (Å²) in [4.78, 5) is 28.1. The first-order valence-electron chi connectivity index (χ1n) is 12.0. The molecule has 2 bridgehead atoms. The lowest BCUT2D eigenvalue weighted by Crippen LogP contribution is -2.48. The Hall–Kier alpha value is -2.90. The highest BCUT2D eigenvalue weighted by atomic mass is 32.2. The van der Waals surface area contributed by atoms with Gasteiger partial charge in [0.25, 0.3) is 5.56 Å². The summed E-state index contributed by atoms with van der Waals surface area (Å²) in [7, 11) is 0. The molecule has 180 valence electrons. The van der Waals surface area contributed by atoms with Crippen LogP contribution in [0.4, 0.5) is 5.69 Å². The molecule has 2 aromatic carbocycles.